The van der Waals surface area contributed by atoms with Gasteiger partial charge in [0.1, 0.15) is 0 Å². The molecule has 0 spiro atoms. The average molecular weight is 373 g/mol. The molecule has 0 amide bonds. The molecule has 2 rings (SSSR count). The van der Waals surface area contributed by atoms with Crippen LogP contribution in [0.25, 0.3) is 0 Å². The minimum atomic E-state index is -0.110. The molecule has 0 aromatic rings. The molecule has 156 valence electrons. The van der Waals surface area contributed by atoms with Crippen molar-refractivity contribution in [1.82, 2.24) is 0 Å². The predicted octanol–water partition coefficient (Wildman–Crippen LogP) is 5.52. The van der Waals surface area contributed by atoms with Crippen molar-refractivity contribution in [3.05, 3.63) is 0 Å². The Bertz CT molecular complexity index is 364. The maximum absolute atomic E-state index is 6.73. The minimum absolute atomic E-state index is 0.0696. The minimum Gasteiger partial charge on any atom is -0.376 e. The Morgan fingerprint density at radius 3 is 1.65 bits per heavy atom. The molecule has 0 aromatic carbocycles. The Morgan fingerprint density at radius 1 is 0.731 bits per heavy atom. The molecule has 0 aliphatic carbocycles. The summed E-state index contributed by atoms with van der Waals surface area (Å²) in [6.07, 6.45) is 7.65. The fraction of sp³-hybridized carbons (Fsp3) is 1.00. The summed E-state index contributed by atoms with van der Waals surface area (Å²) in [5.74, 6) is 0. The summed E-state index contributed by atoms with van der Waals surface area (Å²) in [4.78, 5) is 0. The summed E-state index contributed by atoms with van der Waals surface area (Å²) < 4.78 is 23.6. The molecule has 2 heterocycles. The van der Waals surface area contributed by atoms with Crippen molar-refractivity contribution in [2.45, 2.75) is 116 Å². The van der Waals surface area contributed by atoms with Crippen molar-refractivity contribution in [3.8, 4) is 0 Å². The molecule has 1 unspecified atom stereocenters. The lowest BCUT2D eigenvalue weighted by atomic mass is 9.72. The van der Waals surface area contributed by atoms with Crippen LogP contribution in [0.5, 0.6) is 0 Å². The predicted molar refractivity (Wildman–Crippen MR) is 108 cm³/mol. The van der Waals surface area contributed by atoms with Crippen LogP contribution in [-0.4, -0.2) is 49.3 Å². The van der Waals surface area contributed by atoms with Gasteiger partial charge in [0.25, 0.3) is 0 Å². The van der Waals surface area contributed by atoms with Gasteiger partial charge in [-0.15, -0.1) is 0 Å². The van der Waals surface area contributed by atoms with E-state index < -0.39 is 0 Å². The molecule has 26 heavy (non-hydrogen) atoms. The third kappa shape index (κ3) is 5.01. The first kappa shape index (κ1) is 23.9. The zero-order valence-electron chi connectivity index (χ0n) is 18.5. The SMILES string of the molecule is CCC1(CC)COC(CC)(CC)C(CC)(CC)O1.CCC1COCCO1. The molecule has 2 fully saturated rings. The molecule has 1 atom stereocenters. The van der Waals surface area contributed by atoms with Gasteiger partial charge in [0, 0.05) is 0 Å². The summed E-state index contributed by atoms with van der Waals surface area (Å²) in [7, 11) is 0. The van der Waals surface area contributed by atoms with Gasteiger partial charge in [-0.05, 0) is 44.9 Å². The topological polar surface area (TPSA) is 36.9 Å². The summed E-state index contributed by atoms with van der Waals surface area (Å²) in [5.41, 5.74) is -0.273. The van der Waals surface area contributed by atoms with Gasteiger partial charge in [-0.25, -0.2) is 0 Å². The highest BCUT2D eigenvalue weighted by Crippen LogP contribution is 2.49. The van der Waals surface area contributed by atoms with E-state index in [1.54, 1.807) is 0 Å². The van der Waals surface area contributed by atoms with Crippen LogP contribution in [-0.2, 0) is 18.9 Å². The van der Waals surface area contributed by atoms with Crippen LogP contribution < -0.4 is 0 Å². The van der Waals surface area contributed by atoms with Gasteiger partial charge in [0.05, 0.1) is 49.3 Å². The molecule has 4 heteroatoms. The largest absolute Gasteiger partial charge is 0.376 e. The molecular weight excluding hydrogens is 328 g/mol. The van der Waals surface area contributed by atoms with Crippen LogP contribution in [0.15, 0.2) is 0 Å². The van der Waals surface area contributed by atoms with E-state index in [1.807, 2.05) is 0 Å². The van der Waals surface area contributed by atoms with Crippen molar-refractivity contribution >= 4 is 0 Å². The lowest BCUT2D eigenvalue weighted by molar-refractivity contribution is -0.331. The number of ether oxygens (including phenoxy) is 4. The lowest BCUT2D eigenvalue weighted by Crippen LogP contribution is -2.66. The van der Waals surface area contributed by atoms with Crippen LogP contribution in [0.4, 0.5) is 0 Å². The quantitative estimate of drug-likeness (QED) is 0.589. The molecule has 0 N–H and O–H groups in total. The van der Waals surface area contributed by atoms with Crippen LogP contribution in [0.1, 0.15) is 93.4 Å². The standard InChI is InChI=1S/C16H32O2.C6H12O2/c1-7-14(8-2)13-17-15(9-3,10-4)16(11-5,12-6)18-14;1-2-6-5-7-3-4-8-6/h7-13H2,1-6H3;6H,2-5H2,1H3. The highest BCUT2D eigenvalue weighted by molar-refractivity contribution is 5.05. The smallest absolute Gasteiger partial charge is 0.0974 e. The van der Waals surface area contributed by atoms with Gasteiger partial charge < -0.3 is 18.9 Å². The first-order chi connectivity index (χ1) is 12.5. The second-order valence-electron chi connectivity index (χ2n) is 7.66. The summed E-state index contributed by atoms with van der Waals surface area (Å²) >= 11 is 0. The first-order valence-electron chi connectivity index (χ1n) is 11.0. The molecule has 4 nitrogen and oxygen atoms in total. The monoisotopic (exact) mass is 372 g/mol. The van der Waals surface area contributed by atoms with Crippen LogP contribution in [0.3, 0.4) is 0 Å². The average Bonchev–Trinajstić information content (AvgIpc) is 2.74. The van der Waals surface area contributed by atoms with Gasteiger partial charge in [-0.3, -0.25) is 0 Å². The molecule has 2 saturated heterocycles. The Labute approximate surface area is 162 Å². The summed E-state index contributed by atoms with van der Waals surface area (Å²) in [6, 6.07) is 0. The third-order valence-corrected chi connectivity index (χ3v) is 6.77. The van der Waals surface area contributed by atoms with E-state index in [4.69, 9.17) is 18.9 Å². The fourth-order valence-electron chi connectivity index (χ4n) is 4.45. The van der Waals surface area contributed by atoms with E-state index in [-0.39, 0.29) is 16.8 Å². The van der Waals surface area contributed by atoms with Crippen molar-refractivity contribution in [1.29, 1.82) is 0 Å². The normalized spacial score (nSPS) is 26.7. The van der Waals surface area contributed by atoms with Crippen molar-refractivity contribution in [2.75, 3.05) is 26.4 Å². The van der Waals surface area contributed by atoms with E-state index in [0.29, 0.717) is 6.10 Å². The Balaban J connectivity index is 0.000000350. The van der Waals surface area contributed by atoms with E-state index in [9.17, 15) is 0 Å². The van der Waals surface area contributed by atoms with E-state index >= 15 is 0 Å². The van der Waals surface area contributed by atoms with Gasteiger partial charge in [0.2, 0.25) is 0 Å². The van der Waals surface area contributed by atoms with Gasteiger partial charge in [0.15, 0.2) is 0 Å². The van der Waals surface area contributed by atoms with Gasteiger partial charge >= 0.3 is 0 Å². The number of hydrogen-bond donors (Lipinski definition) is 0. The molecule has 0 bridgehead atoms. The van der Waals surface area contributed by atoms with Crippen LogP contribution in [0, 0.1) is 0 Å². The Hall–Kier alpha value is -0.160. The second kappa shape index (κ2) is 11.0. The Kier molecular flexibility index (Phi) is 10.1. The first-order valence-corrected chi connectivity index (χ1v) is 11.0. The van der Waals surface area contributed by atoms with Gasteiger partial charge in [-0.2, -0.15) is 0 Å². The Morgan fingerprint density at radius 2 is 1.31 bits per heavy atom. The summed E-state index contributed by atoms with van der Waals surface area (Å²) in [6.45, 7) is 18.6. The lowest BCUT2D eigenvalue weighted by Gasteiger charge is -2.58. The molecular formula is C22H44O4. The number of hydrogen-bond acceptors (Lipinski definition) is 4. The molecule has 0 aromatic heterocycles. The van der Waals surface area contributed by atoms with Gasteiger partial charge in [-0.1, -0.05) is 48.5 Å². The second-order valence-corrected chi connectivity index (χ2v) is 7.66. The zero-order valence-corrected chi connectivity index (χ0v) is 18.5. The maximum Gasteiger partial charge on any atom is 0.0974 e. The van der Waals surface area contributed by atoms with Crippen molar-refractivity contribution in [2.24, 2.45) is 0 Å². The molecule has 0 radical (unpaired) electrons. The fourth-order valence-corrected chi connectivity index (χ4v) is 4.45. The van der Waals surface area contributed by atoms with Crippen molar-refractivity contribution < 1.29 is 18.9 Å². The highest BCUT2D eigenvalue weighted by atomic mass is 16.6. The highest BCUT2D eigenvalue weighted by Gasteiger charge is 2.56. The number of rotatable bonds is 7. The van der Waals surface area contributed by atoms with E-state index in [2.05, 4.69) is 48.5 Å². The molecule has 2 aliphatic rings. The van der Waals surface area contributed by atoms with Crippen LogP contribution in [0.2, 0.25) is 0 Å². The molecule has 0 saturated carbocycles. The van der Waals surface area contributed by atoms with Crippen molar-refractivity contribution in [3.63, 3.8) is 0 Å². The zero-order chi connectivity index (χ0) is 19.7. The van der Waals surface area contributed by atoms with E-state index in [1.165, 1.54) is 0 Å². The third-order valence-electron chi connectivity index (χ3n) is 6.77. The van der Waals surface area contributed by atoms with Crippen LogP contribution >= 0.6 is 0 Å². The summed E-state index contributed by atoms with van der Waals surface area (Å²) in [5, 5.41) is 0. The molecule has 2 aliphatic heterocycles. The van der Waals surface area contributed by atoms with E-state index in [0.717, 1.165) is 71.4 Å². The maximum atomic E-state index is 6.73.